The minimum Gasteiger partial charge on any atom is -0.383 e. The van der Waals surface area contributed by atoms with Gasteiger partial charge in [0, 0.05) is 26.2 Å². The summed E-state index contributed by atoms with van der Waals surface area (Å²) < 4.78 is 5.24. The van der Waals surface area contributed by atoms with Crippen molar-refractivity contribution in [2.24, 2.45) is 5.92 Å². The Hall–Kier alpha value is -1.13. The highest BCUT2D eigenvalue weighted by molar-refractivity contribution is 5.41. The van der Waals surface area contributed by atoms with Crippen LogP contribution in [0.3, 0.4) is 0 Å². The maximum absolute atomic E-state index is 5.24. The van der Waals surface area contributed by atoms with Crippen molar-refractivity contribution in [2.45, 2.75) is 32.4 Å². The molecule has 1 aromatic heterocycles. The molecule has 0 bridgehead atoms. The van der Waals surface area contributed by atoms with Crippen LogP contribution in [0.15, 0.2) is 18.2 Å². The predicted octanol–water partition coefficient (Wildman–Crippen LogP) is 2.05. The third-order valence-corrected chi connectivity index (χ3v) is 3.78. The first-order valence-electron chi connectivity index (χ1n) is 7.12. The van der Waals surface area contributed by atoms with Crippen LogP contribution in [0, 0.1) is 5.92 Å². The molecule has 0 saturated heterocycles. The first-order valence-corrected chi connectivity index (χ1v) is 7.12. The SMILES string of the molecule is CNCc1cccc(N(CCOC)C(C)C2CC2)n1. The van der Waals surface area contributed by atoms with Gasteiger partial charge in [-0.2, -0.15) is 0 Å². The molecule has 19 heavy (non-hydrogen) atoms. The number of methoxy groups -OCH3 is 1. The van der Waals surface area contributed by atoms with Crippen molar-refractivity contribution in [3.05, 3.63) is 23.9 Å². The van der Waals surface area contributed by atoms with E-state index in [2.05, 4.69) is 35.3 Å². The smallest absolute Gasteiger partial charge is 0.129 e. The molecular formula is C15H25N3O. The fraction of sp³-hybridized carbons (Fsp3) is 0.667. The maximum Gasteiger partial charge on any atom is 0.129 e. The number of pyridine rings is 1. The Morgan fingerprint density at radius 3 is 2.89 bits per heavy atom. The van der Waals surface area contributed by atoms with E-state index in [9.17, 15) is 0 Å². The fourth-order valence-corrected chi connectivity index (χ4v) is 2.46. The second-order valence-electron chi connectivity index (χ2n) is 5.28. The summed E-state index contributed by atoms with van der Waals surface area (Å²) in [6.45, 7) is 4.77. The van der Waals surface area contributed by atoms with Gasteiger partial charge in [-0.3, -0.25) is 0 Å². The largest absolute Gasteiger partial charge is 0.383 e. The van der Waals surface area contributed by atoms with Crippen molar-refractivity contribution in [3.8, 4) is 0 Å². The average molecular weight is 263 g/mol. The molecule has 1 saturated carbocycles. The van der Waals surface area contributed by atoms with Gasteiger partial charge >= 0.3 is 0 Å². The summed E-state index contributed by atoms with van der Waals surface area (Å²) in [5, 5.41) is 3.15. The number of rotatable bonds is 8. The topological polar surface area (TPSA) is 37.4 Å². The van der Waals surface area contributed by atoms with Crippen molar-refractivity contribution in [2.75, 3.05) is 32.2 Å². The molecule has 0 aliphatic heterocycles. The van der Waals surface area contributed by atoms with Crippen LogP contribution in [0.5, 0.6) is 0 Å². The van der Waals surface area contributed by atoms with Crippen molar-refractivity contribution in [1.29, 1.82) is 0 Å². The Labute approximate surface area is 116 Å². The molecule has 1 aliphatic rings. The zero-order chi connectivity index (χ0) is 13.7. The Balaban J connectivity index is 2.13. The van der Waals surface area contributed by atoms with E-state index < -0.39 is 0 Å². The molecule has 1 unspecified atom stereocenters. The molecule has 0 aromatic carbocycles. The highest BCUT2D eigenvalue weighted by atomic mass is 16.5. The summed E-state index contributed by atoms with van der Waals surface area (Å²) in [6.07, 6.45) is 2.70. The fourth-order valence-electron chi connectivity index (χ4n) is 2.46. The lowest BCUT2D eigenvalue weighted by Crippen LogP contribution is -2.38. The summed E-state index contributed by atoms with van der Waals surface area (Å²) >= 11 is 0. The third-order valence-electron chi connectivity index (χ3n) is 3.78. The molecule has 0 radical (unpaired) electrons. The Kier molecular flexibility index (Phi) is 5.16. The van der Waals surface area contributed by atoms with E-state index in [1.54, 1.807) is 7.11 Å². The van der Waals surface area contributed by atoms with E-state index in [0.717, 1.165) is 37.1 Å². The summed E-state index contributed by atoms with van der Waals surface area (Å²) in [7, 11) is 3.70. The van der Waals surface area contributed by atoms with Crippen LogP contribution in [0.25, 0.3) is 0 Å². The van der Waals surface area contributed by atoms with Crippen LogP contribution < -0.4 is 10.2 Å². The number of aromatic nitrogens is 1. The Morgan fingerprint density at radius 1 is 1.47 bits per heavy atom. The number of anilines is 1. The van der Waals surface area contributed by atoms with Crippen molar-refractivity contribution in [3.63, 3.8) is 0 Å². The molecule has 1 N–H and O–H groups in total. The van der Waals surface area contributed by atoms with Crippen LogP contribution >= 0.6 is 0 Å². The van der Waals surface area contributed by atoms with Gasteiger partial charge in [0.15, 0.2) is 0 Å². The minimum absolute atomic E-state index is 0.549. The molecule has 2 rings (SSSR count). The van der Waals surface area contributed by atoms with Crippen LogP contribution in [-0.4, -0.2) is 38.3 Å². The van der Waals surface area contributed by atoms with Gasteiger partial charge in [-0.05, 0) is 44.9 Å². The molecule has 4 nitrogen and oxygen atoms in total. The molecule has 0 amide bonds. The third kappa shape index (κ3) is 3.91. The van der Waals surface area contributed by atoms with Crippen LogP contribution in [0.2, 0.25) is 0 Å². The Morgan fingerprint density at radius 2 is 2.26 bits per heavy atom. The van der Waals surface area contributed by atoms with Gasteiger partial charge in [0.25, 0.3) is 0 Å². The molecule has 106 valence electrons. The van der Waals surface area contributed by atoms with Gasteiger partial charge in [0.2, 0.25) is 0 Å². The number of nitrogens with zero attached hydrogens (tertiary/aromatic N) is 2. The second-order valence-corrected chi connectivity index (χ2v) is 5.28. The molecule has 4 heteroatoms. The first kappa shape index (κ1) is 14.3. The number of nitrogens with one attached hydrogen (secondary N) is 1. The zero-order valence-corrected chi connectivity index (χ0v) is 12.2. The zero-order valence-electron chi connectivity index (χ0n) is 12.2. The lowest BCUT2D eigenvalue weighted by atomic mass is 10.1. The second kappa shape index (κ2) is 6.87. The van der Waals surface area contributed by atoms with E-state index >= 15 is 0 Å². The van der Waals surface area contributed by atoms with Gasteiger partial charge < -0.3 is 15.0 Å². The summed E-state index contributed by atoms with van der Waals surface area (Å²) in [5.74, 6) is 1.90. The average Bonchev–Trinajstić information content (AvgIpc) is 3.24. The van der Waals surface area contributed by atoms with Crippen molar-refractivity contribution in [1.82, 2.24) is 10.3 Å². The summed E-state index contributed by atoms with van der Waals surface area (Å²) in [6, 6.07) is 6.81. The van der Waals surface area contributed by atoms with Crippen LogP contribution in [0.1, 0.15) is 25.5 Å². The lowest BCUT2D eigenvalue weighted by Gasteiger charge is -2.30. The molecular weight excluding hydrogens is 238 g/mol. The molecule has 0 spiro atoms. The minimum atomic E-state index is 0.549. The highest BCUT2D eigenvalue weighted by Crippen LogP contribution is 2.36. The number of ether oxygens (including phenoxy) is 1. The molecule has 1 heterocycles. The van der Waals surface area contributed by atoms with E-state index in [-0.39, 0.29) is 0 Å². The van der Waals surface area contributed by atoms with Gasteiger partial charge in [0.1, 0.15) is 5.82 Å². The quantitative estimate of drug-likeness (QED) is 0.779. The number of hydrogen-bond donors (Lipinski definition) is 1. The van der Waals surface area contributed by atoms with Gasteiger partial charge in [-0.1, -0.05) is 6.07 Å². The monoisotopic (exact) mass is 263 g/mol. The summed E-state index contributed by atoms with van der Waals surface area (Å²) in [5.41, 5.74) is 1.09. The van der Waals surface area contributed by atoms with E-state index in [1.807, 2.05) is 7.05 Å². The molecule has 1 aromatic rings. The highest BCUT2D eigenvalue weighted by Gasteiger charge is 2.32. The van der Waals surface area contributed by atoms with Gasteiger partial charge in [-0.25, -0.2) is 4.98 Å². The molecule has 1 atom stereocenters. The van der Waals surface area contributed by atoms with Crippen LogP contribution in [0.4, 0.5) is 5.82 Å². The van der Waals surface area contributed by atoms with E-state index in [0.29, 0.717) is 6.04 Å². The van der Waals surface area contributed by atoms with Gasteiger partial charge in [0.05, 0.1) is 12.3 Å². The standard InChI is InChI=1S/C15H25N3O/c1-12(13-7-8-13)18(9-10-19-3)15-6-4-5-14(17-15)11-16-2/h4-6,12-13,16H,7-11H2,1-3H3. The first-order chi connectivity index (χ1) is 9.26. The van der Waals surface area contributed by atoms with E-state index in [1.165, 1.54) is 12.8 Å². The van der Waals surface area contributed by atoms with Gasteiger partial charge in [-0.15, -0.1) is 0 Å². The molecule has 1 fully saturated rings. The van der Waals surface area contributed by atoms with E-state index in [4.69, 9.17) is 9.72 Å². The normalized spacial score (nSPS) is 16.4. The number of hydrogen-bond acceptors (Lipinski definition) is 4. The summed E-state index contributed by atoms with van der Waals surface area (Å²) in [4.78, 5) is 7.14. The van der Waals surface area contributed by atoms with Crippen LogP contribution in [-0.2, 0) is 11.3 Å². The molecule has 1 aliphatic carbocycles. The predicted molar refractivity (Wildman–Crippen MR) is 78.4 cm³/mol. The Bertz CT molecular complexity index is 393. The maximum atomic E-state index is 5.24. The van der Waals surface area contributed by atoms with Crippen molar-refractivity contribution >= 4 is 5.82 Å². The lowest BCUT2D eigenvalue weighted by molar-refractivity contribution is 0.202. The van der Waals surface area contributed by atoms with Crippen molar-refractivity contribution < 1.29 is 4.74 Å².